The summed E-state index contributed by atoms with van der Waals surface area (Å²) < 4.78 is 16.2. The lowest BCUT2D eigenvalue weighted by Crippen LogP contribution is -2.51. The molecule has 0 bridgehead atoms. The van der Waals surface area contributed by atoms with Crippen LogP contribution in [-0.2, 0) is 22.4 Å². The van der Waals surface area contributed by atoms with Gasteiger partial charge in [0.25, 0.3) is 0 Å². The number of nitrogens with zero attached hydrogens (tertiary/aromatic N) is 2. The molecule has 0 aromatic heterocycles. The fraction of sp³-hybridized carbons (Fsp3) is 0.667. The molecule has 1 aliphatic rings. The van der Waals surface area contributed by atoms with Crippen LogP contribution >= 0.6 is 0 Å². The van der Waals surface area contributed by atoms with E-state index >= 15 is 0 Å². The Balaban J connectivity index is 1.77. The number of piperazine rings is 1. The second kappa shape index (κ2) is 11.3. The number of carbonyl (C=O) groups is 2. The van der Waals surface area contributed by atoms with Crippen LogP contribution in [0.3, 0.4) is 0 Å². The van der Waals surface area contributed by atoms with Gasteiger partial charge < -0.3 is 24.0 Å². The van der Waals surface area contributed by atoms with Crippen molar-refractivity contribution in [2.75, 3.05) is 40.4 Å². The van der Waals surface area contributed by atoms with Crippen molar-refractivity contribution in [2.24, 2.45) is 0 Å². The number of aryl methyl sites for hydroxylation is 2. The number of unbranched alkanes of at least 4 members (excludes halogenated alkanes) is 1. The van der Waals surface area contributed by atoms with Gasteiger partial charge in [-0.25, -0.2) is 4.79 Å². The summed E-state index contributed by atoms with van der Waals surface area (Å²) in [4.78, 5) is 28.3. The number of hydrogen-bond donors (Lipinski definition) is 0. The Kier molecular flexibility index (Phi) is 9.01. The van der Waals surface area contributed by atoms with Crippen LogP contribution in [0, 0.1) is 0 Å². The maximum Gasteiger partial charge on any atom is 0.410 e. The summed E-state index contributed by atoms with van der Waals surface area (Å²) in [6.45, 7) is 9.87. The zero-order valence-electron chi connectivity index (χ0n) is 20.0. The predicted octanol–water partition coefficient (Wildman–Crippen LogP) is 4.06. The third-order valence-electron chi connectivity index (χ3n) is 5.46. The SMILES string of the molecule is CCc1cc(OC)c(OC)cc1CCCCC(=O)N1CCN(C(=O)OC(C)(C)C)CC1. The maximum absolute atomic E-state index is 12.6. The van der Waals surface area contributed by atoms with Crippen LogP contribution < -0.4 is 9.47 Å². The van der Waals surface area contributed by atoms with Crippen molar-refractivity contribution in [2.45, 2.75) is 65.4 Å². The van der Waals surface area contributed by atoms with E-state index in [4.69, 9.17) is 14.2 Å². The minimum Gasteiger partial charge on any atom is -0.493 e. The molecule has 174 valence electrons. The highest BCUT2D eigenvalue weighted by Crippen LogP contribution is 2.31. The number of ether oxygens (including phenoxy) is 3. The smallest absolute Gasteiger partial charge is 0.410 e. The molecule has 0 spiro atoms. The molecule has 0 radical (unpaired) electrons. The molecular formula is C24H38N2O5. The molecule has 7 nitrogen and oxygen atoms in total. The van der Waals surface area contributed by atoms with Gasteiger partial charge in [0, 0.05) is 32.6 Å². The molecule has 1 heterocycles. The fourth-order valence-electron chi connectivity index (χ4n) is 3.74. The van der Waals surface area contributed by atoms with Crippen LogP contribution in [0.2, 0.25) is 0 Å². The Morgan fingerprint density at radius 1 is 0.903 bits per heavy atom. The number of amides is 2. The van der Waals surface area contributed by atoms with E-state index in [1.54, 1.807) is 19.1 Å². The van der Waals surface area contributed by atoms with Crippen molar-refractivity contribution in [3.05, 3.63) is 23.3 Å². The van der Waals surface area contributed by atoms with Gasteiger partial charge in [0.2, 0.25) is 5.91 Å². The van der Waals surface area contributed by atoms with E-state index < -0.39 is 5.60 Å². The molecule has 31 heavy (non-hydrogen) atoms. The second-order valence-corrected chi connectivity index (χ2v) is 8.88. The Morgan fingerprint density at radius 2 is 1.45 bits per heavy atom. The van der Waals surface area contributed by atoms with Crippen molar-refractivity contribution < 1.29 is 23.8 Å². The summed E-state index contributed by atoms with van der Waals surface area (Å²) >= 11 is 0. The van der Waals surface area contributed by atoms with Crippen molar-refractivity contribution in [3.8, 4) is 11.5 Å². The molecule has 2 rings (SSSR count). The molecular weight excluding hydrogens is 396 g/mol. The van der Waals surface area contributed by atoms with Crippen molar-refractivity contribution in [1.82, 2.24) is 9.80 Å². The monoisotopic (exact) mass is 434 g/mol. The number of carbonyl (C=O) groups excluding carboxylic acids is 2. The lowest BCUT2D eigenvalue weighted by Gasteiger charge is -2.35. The highest BCUT2D eigenvalue weighted by Gasteiger charge is 2.27. The molecule has 1 aliphatic heterocycles. The van der Waals surface area contributed by atoms with E-state index in [1.165, 1.54) is 11.1 Å². The van der Waals surface area contributed by atoms with Gasteiger partial charge in [-0.15, -0.1) is 0 Å². The summed E-state index contributed by atoms with van der Waals surface area (Å²) in [5, 5.41) is 0. The third kappa shape index (κ3) is 7.33. The minimum absolute atomic E-state index is 0.159. The van der Waals surface area contributed by atoms with Gasteiger partial charge in [0.15, 0.2) is 11.5 Å². The van der Waals surface area contributed by atoms with Crippen LogP contribution in [-0.4, -0.2) is 67.8 Å². The largest absolute Gasteiger partial charge is 0.493 e. The number of methoxy groups -OCH3 is 2. The summed E-state index contributed by atoms with van der Waals surface area (Å²) in [7, 11) is 3.30. The first kappa shape index (κ1) is 24.8. The van der Waals surface area contributed by atoms with Gasteiger partial charge in [-0.2, -0.15) is 0 Å². The Hall–Kier alpha value is -2.44. The van der Waals surface area contributed by atoms with Gasteiger partial charge in [0.05, 0.1) is 14.2 Å². The van der Waals surface area contributed by atoms with Gasteiger partial charge >= 0.3 is 6.09 Å². The fourth-order valence-corrected chi connectivity index (χ4v) is 3.74. The number of benzene rings is 1. The Morgan fingerprint density at radius 3 is 1.97 bits per heavy atom. The average Bonchev–Trinajstić information content (AvgIpc) is 2.74. The summed E-state index contributed by atoms with van der Waals surface area (Å²) in [5.74, 6) is 1.66. The molecule has 0 saturated carbocycles. The molecule has 1 aromatic carbocycles. The van der Waals surface area contributed by atoms with Crippen molar-refractivity contribution in [1.29, 1.82) is 0 Å². The lowest BCUT2D eigenvalue weighted by atomic mass is 9.98. The highest BCUT2D eigenvalue weighted by atomic mass is 16.6. The lowest BCUT2D eigenvalue weighted by molar-refractivity contribution is -0.133. The van der Waals surface area contributed by atoms with Crippen LogP contribution in [0.25, 0.3) is 0 Å². The molecule has 7 heteroatoms. The van der Waals surface area contributed by atoms with Crippen molar-refractivity contribution in [3.63, 3.8) is 0 Å². The average molecular weight is 435 g/mol. The standard InChI is InChI=1S/C24H38N2O5/c1-7-18-16-20(29-5)21(30-6)17-19(18)10-8-9-11-22(27)25-12-14-26(15-13-25)23(28)31-24(2,3)4/h16-17H,7-15H2,1-6H3. The number of hydrogen-bond acceptors (Lipinski definition) is 5. The van der Waals surface area contributed by atoms with E-state index in [-0.39, 0.29) is 12.0 Å². The van der Waals surface area contributed by atoms with Crippen molar-refractivity contribution >= 4 is 12.0 Å². The topological polar surface area (TPSA) is 68.3 Å². The molecule has 2 amide bonds. The summed E-state index contributed by atoms with van der Waals surface area (Å²) in [6, 6.07) is 4.10. The first-order chi connectivity index (χ1) is 14.7. The van der Waals surface area contributed by atoms with E-state index in [0.29, 0.717) is 32.6 Å². The third-order valence-corrected chi connectivity index (χ3v) is 5.46. The minimum atomic E-state index is -0.504. The normalized spacial score (nSPS) is 14.4. The van der Waals surface area contributed by atoms with Gasteiger partial charge in [-0.1, -0.05) is 6.92 Å². The molecule has 0 unspecified atom stereocenters. The zero-order valence-corrected chi connectivity index (χ0v) is 20.0. The van der Waals surface area contributed by atoms with Gasteiger partial charge in [-0.3, -0.25) is 4.79 Å². The van der Waals surface area contributed by atoms with E-state index in [2.05, 4.69) is 13.0 Å². The molecule has 0 atom stereocenters. The quantitative estimate of drug-likeness (QED) is 0.577. The van der Waals surface area contributed by atoms with Crippen LogP contribution in [0.5, 0.6) is 11.5 Å². The molecule has 1 saturated heterocycles. The molecule has 0 aliphatic carbocycles. The maximum atomic E-state index is 12.6. The summed E-state index contributed by atoms with van der Waals surface area (Å²) in [5.41, 5.74) is 2.00. The summed E-state index contributed by atoms with van der Waals surface area (Å²) in [6.07, 6.45) is 3.83. The number of rotatable bonds is 8. The van der Waals surface area contributed by atoms with Crippen LogP contribution in [0.4, 0.5) is 4.79 Å². The zero-order chi connectivity index (χ0) is 23.0. The highest BCUT2D eigenvalue weighted by molar-refractivity contribution is 5.76. The van der Waals surface area contributed by atoms with Gasteiger partial charge in [-0.05, 0) is 69.7 Å². The van der Waals surface area contributed by atoms with Crippen LogP contribution in [0.1, 0.15) is 58.1 Å². The molecule has 1 fully saturated rings. The Bertz CT molecular complexity index is 749. The van der Waals surface area contributed by atoms with Gasteiger partial charge in [0.1, 0.15) is 5.60 Å². The van der Waals surface area contributed by atoms with E-state index in [9.17, 15) is 9.59 Å². The Labute approximate surface area is 186 Å². The first-order valence-corrected chi connectivity index (χ1v) is 11.2. The first-order valence-electron chi connectivity index (χ1n) is 11.2. The second-order valence-electron chi connectivity index (χ2n) is 8.88. The van der Waals surface area contributed by atoms with E-state index in [0.717, 1.165) is 37.2 Å². The van der Waals surface area contributed by atoms with E-state index in [1.807, 2.05) is 31.7 Å². The molecule has 1 aromatic rings. The molecule has 0 N–H and O–H groups in total. The van der Waals surface area contributed by atoms with Crippen LogP contribution in [0.15, 0.2) is 12.1 Å². The predicted molar refractivity (Wildman–Crippen MR) is 121 cm³/mol.